The van der Waals surface area contributed by atoms with Crippen molar-refractivity contribution in [2.24, 2.45) is 11.8 Å². The molecule has 198 valence electrons. The van der Waals surface area contributed by atoms with Crippen LogP contribution in [-0.4, -0.2) is 58.9 Å². The third kappa shape index (κ3) is 5.35. The summed E-state index contributed by atoms with van der Waals surface area (Å²) in [5.74, 6) is -2.64. The van der Waals surface area contributed by atoms with Gasteiger partial charge in [0.25, 0.3) is 0 Å². The van der Waals surface area contributed by atoms with E-state index in [4.69, 9.17) is 0 Å². The first-order valence-corrected chi connectivity index (χ1v) is 13.2. The highest BCUT2D eigenvalue weighted by atomic mass is 19.1. The van der Waals surface area contributed by atoms with E-state index in [9.17, 15) is 24.2 Å². The second kappa shape index (κ2) is 11.1. The fourth-order valence-electron chi connectivity index (χ4n) is 6.17. The van der Waals surface area contributed by atoms with Crippen LogP contribution in [0.4, 0.5) is 4.39 Å². The number of likely N-dealkylation sites (tertiary alicyclic amines) is 1. The number of halogens is 1. The lowest BCUT2D eigenvalue weighted by Crippen LogP contribution is -2.53. The first-order chi connectivity index (χ1) is 18.3. The molecule has 3 aromatic carbocycles. The van der Waals surface area contributed by atoms with Gasteiger partial charge in [0, 0.05) is 54.6 Å². The second-order valence-electron chi connectivity index (χ2n) is 10.5. The van der Waals surface area contributed by atoms with E-state index in [0.717, 1.165) is 19.4 Å². The third-order valence-corrected chi connectivity index (χ3v) is 8.02. The van der Waals surface area contributed by atoms with Crippen LogP contribution in [-0.2, 0) is 0 Å². The monoisotopic (exact) mass is 516 g/mol. The Kier molecular flexibility index (Phi) is 7.58. The predicted molar refractivity (Wildman–Crippen MR) is 143 cm³/mol. The Morgan fingerprint density at radius 2 is 1.50 bits per heavy atom. The fraction of sp³-hybridized carbons (Fsp3) is 0.355. The maximum Gasteiger partial charge on any atom is 0.167 e. The lowest BCUT2D eigenvalue weighted by atomic mass is 9.67. The topological polar surface area (TPSA) is 89.9 Å². The van der Waals surface area contributed by atoms with Crippen molar-refractivity contribution in [3.05, 3.63) is 94.8 Å². The molecule has 0 saturated carbocycles. The van der Waals surface area contributed by atoms with Crippen LogP contribution in [0.1, 0.15) is 50.6 Å². The van der Waals surface area contributed by atoms with Crippen LogP contribution >= 0.6 is 0 Å². The Morgan fingerprint density at radius 1 is 0.921 bits per heavy atom. The van der Waals surface area contributed by atoms with Gasteiger partial charge in [0.05, 0.1) is 0 Å². The molecule has 3 atom stereocenters. The van der Waals surface area contributed by atoms with Crippen molar-refractivity contribution >= 4 is 11.6 Å². The van der Waals surface area contributed by atoms with Gasteiger partial charge in [0.1, 0.15) is 17.3 Å². The Labute approximate surface area is 222 Å². The van der Waals surface area contributed by atoms with Gasteiger partial charge < -0.3 is 20.4 Å². The van der Waals surface area contributed by atoms with Crippen molar-refractivity contribution in [3.8, 4) is 11.5 Å². The highest BCUT2D eigenvalue weighted by molar-refractivity contribution is 6.02. The molecule has 38 heavy (non-hydrogen) atoms. The minimum Gasteiger partial charge on any atom is -0.508 e. The first kappa shape index (κ1) is 26.1. The summed E-state index contributed by atoms with van der Waals surface area (Å²) in [5.41, 5.74) is 1.78. The van der Waals surface area contributed by atoms with Crippen LogP contribution in [0.25, 0.3) is 0 Å². The number of aromatic hydroxyl groups is 2. The Hall–Kier alpha value is -3.55. The normalized spacial score (nSPS) is 22.4. The van der Waals surface area contributed by atoms with E-state index in [1.165, 1.54) is 30.3 Å². The number of nitrogens with zero attached hydrogens (tertiary/aromatic N) is 1. The summed E-state index contributed by atoms with van der Waals surface area (Å²) < 4.78 is 14.8. The summed E-state index contributed by atoms with van der Waals surface area (Å²) in [7, 11) is 0. The molecule has 2 aliphatic rings. The van der Waals surface area contributed by atoms with Gasteiger partial charge in [-0.05, 0) is 67.8 Å². The molecular formula is C31H33FN2O4. The van der Waals surface area contributed by atoms with Crippen LogP contribution in [0.5, 0.6) is 11.5 Å². The summed E-state index contributed by atoms with van der Waals surface area (Å²) in [5, 5.41) is 23.7. The number of rotatable bonds is 7. The number of piperidine rings is 1. The maximum atomic E-state index is 14.8. The number of phenolic OH excluding ortho intramolecular Hbond substituents is 2. The zero-order chi connectivity index (χ0) is 26.8. The standard InChI is InChI=1S/C31H33FN2O4/c1-19-25(11-4-12-28(19)32)29-26(30(37)20-6-2-9-23(35)14-20)17-34(16-22-8-5-13-33-22)18-27(29)31(38)21-7-3-10-24(36)15-21/h2-4,6-7,9-12,14-15,22,26-27,29,33,35-36H,5,8,13,16-18H2,1H3/t22?,26-,27-/m0/s1. The molecule has 2 fully saturated rings. The summed E-state index contributed by atoms with van der Waals surface area (Å²) in [4.78, 5) is 30.3. The number of ketones is 2. The van der Waals surface area contributed by atoms with Gasteiger partial charge in [-0.3, -0.25) is 9.59 Å². The molecule has 2 saturated heterocycles. The van der Waals surface area contributed by atoms with E-state index in [2.05, 4.69) is 10.2 Å². The predicted octanol–water partition coefficient (Wildman–Crippen LogP) is 4.69. The molecule has 7 heteroatoms. The van der Waals surface area contributed by atoms with Gasteiger partial charge >= 0.3 is 0 Å². The highest BCUT2D eigenvalue weighted by Gasteiger charge is 2.46. The van der Waals surface area contributed by atoms with Crippen LogP contribution in [0.3, 0.4) is 0 Å². The van der Waals surface area contributed by atoms with Crippen LogP contribution in [0.15, 0.2) is 66.7 Å². The van der Waals surface area contributed by atoms with Gasteiger partial charge in [0.2, 0.25) is 0 Å². The van der Waals surface area contributed by atoms with Crippen molar-refractivity contribution in [2.75, 3.05) is 26.2 Å². The molecule has 0 spiro atoms. The molecule has 2 heterocycles. The molecule has 0 amide bonds. The summed E-state index contributed by atoms with van der Waals surface area (Å²) >= 11 is 0. The molecule has 0 aromatic heterocycles. The number of carbonyl (C=O) groups is 2. The zero-order valence-electron chi connectivity index (χ0n) is 21.4. The van der Waals surface area contributed by atoms with Gasteiger partial charge in [-0.2, -0.15) is 0 Å². The van der Waals surface area contributed by atoms with Crippen LogP contribution in [0, 0.1) is 24.6 Å². The van der Waals surface area contributed by atoms with Crippen molar-refractivity contribution in [1.29, 1.82) is 0 Å². The zero-order valence-corrected chi connectivity index (χ0v) is 21.4. The fourth-order valence-corrected chi connectivity index (χ4v) is 6.17. The van der Waals surface area contributed by atoms with Gasteiger partial charge in [0.15, 0.2) is 11.6 Å². The van der Waals surface area contributed by atoms with E-state index >= 15 is 0 Å². The second-order valence-corrected chi connectivity index (χ2v) is 10.5. The van der Waals surface area contributed by atoms with Crippen molar-refractivity contribution in [1.82, 2.24) is 10.2 Å². The number of hydrogen-bond donors (Lipinski definition) is 3. The van der Waals surface area contributed by atoms with E-state index in [0.29, 0.717) is 41.9 Å². The van der Waals surface area contributed by atoms with Crippen LogP contribution in [0.2, 0.25) is 0 Å². The number of benzene rings is 3. The van der Waals surface area contributed by atoms with Crippen LogP contribution < -0.4 is 5.32 Å². The molecule has 1 unspecified atom stereocenters. The van der Waals surface area contributed by atoms with E-state index < -0.39 is 17.8 Å². The smallest absolute Gasteiger partial charge is 0.167 e. The molecule has 0 aliphatic carbocycles. The number of Topliss-reactive ketones (excluding diaryl/α,β-unsaturated/α-hetero) is 2. The lowest BCUT2D eigenvalue weighted by molar-refractivity contribution is 0.0553. The molecule has 5 rings (SSSR count). The average Bonchev–Trinajstić information content (AvgIpc) is 3.42. The molecule has 3 N–H and O–H groups in total. The van der Waals surface area contributed by atoms with E-state index in [1.807, 2.05) is 6.07 Å². The maximum absolute atomic E-state index is 14.8. The van der Waals surface area contributed by atoms with E-state index in [-0.39, 0.29) is 34.9 Å². The molecular weight excluding hydrogens is 483 g/mol. The largest absolute Gasteiger partial charge is 0.508 e. The van der Waals surface area contributed by atoms with Gasteiger partial charge in [-0.25, -0.2) is 4.39 Å². The molecule has 0 bridgehead atoms. The highest BCUT2D eigenvalue weighted by Crippen LogP contribution is 2.43. The summed E-state index contributed by atoms with van der Waals surface area (Å²) in [6, 6.07) is 17.6. The van der Waals surface area contributed by atoms with Crippen molar-refractivity contribution in [2.45, 2.75) is 31.7 Å². The summed E-state index contributed by atoms with van der Waals surface area (Å²) in [6.07, 6.45) is 2.11. The number of hydrogen-bond acceptors (Lipinski definition) is 6. The Morgan fingerprint density at radius 3 is 2.03 bits per heavy atom. The van der Waals surface area contributed by atoms with E-state index in [1.54, 1.807) is 37.3 Å². The van der Waals surface area contributed by atoms with Crippen molar-refractivity contribution < 1.29 is 24.2 Å². The Bertz CT molecular complexity index is 1270. The minimum atomic E-state index is -0.640. The van der Waals surface area contributed by atoms with Crippen molar-refractivity contribution in [3.63, 3.8) is 0 Å². The summed E-state index contributed by atoms with van der Waals surface area (Å²) in [6.45, 7) is 4.16. The molecule has 6 nitrogen and oxygen atoms in total. The number of carbonyl (C=O) groups excluding carboxylic acids is 2. The Balaban J connectivity index is 1.62. The number of nitrogens with one attached hydrogen (secondary N) is 1. The van der Waals surface area contributed by atoms with Gasteiger partial charge in [-0.15, -0.1) is 0 Å². The number of phenols is 2. The molecule has 0 radical (unpaired) electrons. The first-order valence-electron chi connectivity index (χ1n) is 13.2. The lowest BCUT2D eigenvalue weighted by Gasteiger charge is -2.44. The minimum absolute atomic E-state index is 0.00968. The van der Waals surface area contributed by atoms with Gasteiger partial charge in [-0.1, -0.05) is 36.4 Å². The molecule has 2 aliphatic heterocycles. The molecule has 3 aromatic rings. The third-order valence-electron chi connectivity index (χ3n) is 8.02. The SMILES string of the molecule is Cc1c(F)cccc1C1[C@@H](C(=O)c2cccc(O)c2)CN(CC2CCCN2)C[C@@H]1C(=O)c1cccc(O)c1. The average molecular weight is 517 g/mol. The quantitative estimate of drug-likeness (QED) is 0.395.